The normalized spacial score (nSPS) is 15.5. The molecule has 0 radical (unpaired) electrons. The van der Waals surface area contributed by atoms with E-state index in [0.29, 0.717) is 5.69 Å². The smallest absolute Gasteiger partial charge is 0.307 e. The monoisotopic (exact) mass is 499 g/mol. The summed E-state index contributed by atoms with van der Waals surface area (Å²) in [6.07, 6.45) is 1.25. The van der Waals surface area contributed by atoms with Crippen LogP contribution in [0, 0.1) is 0 Å². The maximum atomic E-state index is 12.5. The molecular weight excluding hydrogens is 470 g/mol. The number of anilines is 2. The number of carbonyl (C=O) groups is 3. The fourth-order valence-corrected chi connectivity index (χ4v) is 5.00. The van der Waals surface area contributed by atoms with Crippen LogP contribution in [0.3, 0.4) is 0 Å². The first kappa shape index (κ1) is 26.1. The lowest BCUT2D eigenvalue weighted by Gasteiger charge is -2.23. The molecule has 0 aliphatic carbocycles. The minimum absolute atomic E-state index is 0.00827. The van der Waals surface area contributed by atoms with Crippen molar-refractivity contribution in [3.63, 3.8) is 0 Å². The number of nitrogens with one attached hydrogen (secondary N) is 2. The maximum Gasteiger partial charge on any atom is 0.307 e. The third kappa shape index (κ3) is 6.14. The highest BCUT2D eigenvalue weighted by molar-refractivity contribution is 7.89. The highest BCUT2D eigenvalue weighted by Gasteiger charge is 2.38. The summed E-state index contributed by atoms with van der Waals surface area (Å²) < 4.78 is 32.1. The van der Waals surface area contributed by atoms with Gasteiger partial charge in [0.1, 0.15) is 0 Å². The van der Waals surface area contributed by atoms with Gasteiger partial charge < -0.3 is 15.0 Å². The molecule has 0 atom stereocenters. The molecule has 2 N–H and O–H groups in total. The Labute approximate surface area is 205 Å². The molecule has 35 heavy (non-hydrogen) atoms. The molecule has 1 aliphatic rings. The van der Waals surface area contributed by atoms with E-state index >= 15 is 0 Å². The third-order valence-corrected chi connectivity index (χ3v) is 7.20. The minimum Gasteiger partial charge on any atom is -0.457 e. The van der Waals surface area contributed by atoms with Crippen molar-refractivity contribution in [2.45, 2.75) is 37.5 Å². The van der Waals surface area contributed by atoms with Gasteiger partial charge >= 0.3 is 5.97 Å². The van der Waals surface area contributed by atoms with Crippen LogP contribution >= 0.6 is 0 Å². The third-order valence-electron chi connectivity index (χ3n) is 5.72. The molecule has 0 bridgehead atoms. The predicted octanol–water partition coefficient (Wildman–Crippen LogP) is 2.74. The van der Waals surface area contributed by atoms with Gasteiger partial charge in [-0.15, -0.1) is 0 Å². The van der Waals surface area contributed by atoms with Crippen LogP contribution in [0.4, 0.5) is 11.4 Å². The molecule has 0 saturated heterocycles. The van der Waals surface area contributed by atoms with Crippen LogP contribution in [0.5, 0.6) is 0 Å². The van der Waals surface area contributed by atoms with Crippen LogP contribution < -0.4 is 14.9 Å². The first-order valence-electron chi connectivity index (χ1n) is 11.0. The lowest BCUT2D eigenvalue weighted by Crippen LogP contribution is -2.27. The molecule has 0 unspecified atom stereocenters. The number of benzene rings is 2. The Morgan fingerprint density at radius 2 is 1.71 bits per heavy atom. The number of hydrogen-bond acceptors (Lipinski definition) is 7. The van der Waals surface area contributed by atoms with Crippen molar-refractivity contribution >= 4 is 39.1 Å². The number of amides is 1. The lowest BCUT2D eigenvalue weighted by atomic mass is 9.83. The number of rotatable bonds is 9. The van der Waals surface area contributed by atoms with Crippen molar-refractivity contribution in [1.29, 1.82) is 0 Å². The maximum absolute atomic E-state index is 12.5. The van der Waals surface area contributed by atoms with E-state index in [1.165, 1.54) is 37.3 Å². The van der Waals surface area contributed by atoms with Crippen LogP contribution in [0.25, 0.3) is 0 Å². The number of ether oxygens (including phenoxy) is 1. The molecule has 10 heteroatoms. The van der Waals surface area contributed by atoms with E-state index in [1.807, 2.05) is 50.1 Å². The molecule has 2 aromatic carbocycles. The summed E-state index contributed by atoms with van der Waals surface area (Å²) in [5, 5.41) is 2.55. The number of para-hydroxylation sites is 1. The zero-order valence-electron chi connectivity index (χ0n) is 20.1. The number of fused-ring (bicyclic) bond motifs is 1. The molecular formula is C25H29N3O6S. The highest BCUT2D eigenvalue weighted by Crippen LogP contribution is 2.46. The van der Waals surface area contributed by atoms with E-state index in [0.717, 1.165) is 16.9 Å². The zero-order chi connectivity index (χ0) is 25.8. The Hall–Kier alpha value is -3.50. The van der Waals surface area contributed by atoms with E-state index in [-0.39, 0.29) is 35.0 Å². The summed E-state index contributed by atoms with van der Waals surface area (Å²) in [5.74, 6) is -1.32. The predicted molar refractivity (Wildman–Crippen MR) is 132 cm³/mol. The van der Waals surface area contributed by atoms with Crippen molar-refractivity contribution < 1.29 is 27.5 Å². The fourth-order valence-electron chi connectivity index (χ4n) is 3.97. The average Bonchev–Trinajstić information content (AvgIpc) is 2.98. The Balaban J connectivity index is 1.49. The molecule has 0 aromatic heterocycles. The van der Waals surface area contributed by atoms with Crippen LogP contribution in [0.15, 0.2) is 65.2 Å². The molecule has 9 nitrogen and oxygen atoms in total. The quantitative estimate of drug-likeness (QED) is 0.402. The van der Waals surface area contributed by atoms with E-state index < -0.39 is 22.6 Å². The molecule has 186 valence electrons. The number of nitrogens with zero attached hydrogens (tertiary/aromatic N) is 1. The van der Waals surface area contributed by atoms with Crippen LogP contribution in [-0.2, 0) is 34.6 Å². The number of sulfonamides is 1. The average molecular weight is 500 g/mol. The lowest BCUT2D eigenvalue weighted by molar-refractivity contribution is -0.146. The Kier molecular flexibility index (Phi) is 7.76. The minimum atomic E-state index is -3.85. The number of hydrogen-bond donors (Lipinski definition) is 2. The molecule has 1 heterocycles. The van der Waals surface area contributed by atoms with Gasteiger partial charge in [0.05, 0.1) is 11.3 Å². The van der Waals surface area contributed by atoms with Gasteiger partial charge in [0.2, 0.25) is 15.9 Å². The Bertz CT molecular complexity index is 1270. The van der Waals surface area contributed by atoms with Gasteiger partial charge in [-0.2, -0.15) is 0 Å². The molecule has 0 fully saturated rings. The summed E-state index contributed by atoms with van der Waals surface area (Å²) in [6, 6.07) is 13.5. The van der Waals surface area contributed by atoms with Crippen LogP contribution in [0.1, 0.15) is 32.8 Å². The van der Waals surface area contributed by atoms with Gasteiger partial charge in [0, 0.05) is 49.1 Å². The summed E-state index contributed by atoms with van der Waals surface area (Å²) in [4.78, 5) is 37.5. The van der Waals surface area contributed by atoms with Gasteiger partial charge in [-0.25, -0.2) is 13.1 Å². The molecule has 0 saturated carbocycles. The summed E-state index contributed by atoms with van der Waals surface area (Å²) >= 11 is 0. The van der Waals surface area contributed by atoms with Crippen molar-refractivity contribution in [1.82, 2.24) is 4.72 Å². The molecule has 1 amide bonds. The van der Waals surface area contributed by atoms with Crippen molar-refractivity contribution in [3.8, 4) is 0 Å². The van der Waals surface area contributed by atoms with Gasteiger partial charge in [-0.3, -0.25) is 14.4 Å². The van der Waals surface area contributed by atoms with Crippen molar-refractivity contribution in [2.24, 2.45) is 0 Å². The molecule has 3 rings (SSSR count). The van der Waals surface area contributed by atoms with Crippen molar-refractivity contribution in [3.05, 3.63) is 65.9 Å². The van der Waals surface area contributed by atoms with Gasteiger partial charge in [0.25, 0.3) is 0 Å². The summed E-state index contributed by atoms with van der Waals surface area (Å²) in [7, 11) is -1.96. The van der Waals surface area contributed by atoms with Crippen LogP contribution in [0.2, 0.25) is 0 Å². The largest absolute Gasteiger partial charge is 0.457 e. The first-order valence-corrected chi connectivity index (χ1v) is 12.5. The zero-order valence-corrected chi connectivity index (χ0v) is 20.9. The highest BCUT2D eigenvalue weighted by atomic mass is 32.2. The van der Waals surface area contributed by atoms with Gasteiger partial charge in [-0.05, 0) is 35.9 Å². The molecule has 2 aromatic rings. The second kappa shape index (κ2) is 10.4. The Morgan fingerprint density at radius 1 is 1.06 bits per heavy atom. The number of allylic oxidation sites excluding steroid dienone is 1. The summed E-state index contributed by atoms with van der Waals surface area (Å²) in [6.45, 7) is 4.79. The fraction of sp³-hybridized carbons (Fsp3) is 0.320. The number of carbonyl (C=O) groups excluding carboxylic acids is 3. The Morgan fingerprint density at radius 3 is 2.34 bits per heavy atom. The number of likely N-dealkylation sites (N-methyl/N-ethyl adjacent to an activating group) is 1. The standard InChI is InChI=1S/C25H29N3O6S/c1-17(29)27-18-9-11-20(12-10-18)35(32,33)26-14-13-24(31)34-16-19(30)15-23-25(2,3)21-7-5-6-8-22(21)28(23)4/h5-12,15,26H,13-14,16H2,1-4H3,(H,27,29). The summed E-state index contributed by atoms with van der Waals surface area (Å²) in [5.41, 5.74) is 3.03. The topological polar surface area (TPSA) is 122 Å². The SMILES string of the molecule is CC(=O)Nc1ccc(S(=O)(=O)NCCC(=O)OCC(=O)C=C2N(C)c3ccccc3C2(C)C)cc1. The molecule has 0 spiro atoms. The van der Waals surface area contributed by atoms with E-state index in [4.69, 9.17) is 4.74 Å². The first-order chi connectivity index (χ1) is 16.4. The second-order valence-corrected chi connectivity index (χ2v) is 10.5. The van der Waals surface area contributed by atoms with Gasteiger partial charge in [-0.1, -0.05) is 32.0 Å². The van der Waals surface area contributed by atoms with Crippen molar-refractivity contribution in [2.75, 3.05) is 30.4 Å². The van der Waals surface area contributed by atoms with E-state index in [2.05, 4.69) is 10.0 Å². The molecule has 1 aliphatic heterocycles. The van der Waals surface area contributed by atoms with Crippen LogP contribution in [-0.4, -0.2) is 46.3 Å². The van der Waals surface area contributed by atoms with Gasteiger partial charge in [0.15, 0.2) is 12.4 Å². The van der Waals surface area contributed by atoms with E-state index in [1.54, 1.807) is 0 Å². The second-order valence-electron chi connectivity index (χ2n) is 8.71. The number of ketones is 1. The van der Waals surface area contributed by atoms with E-state index in [9.17, 15) is 22.8 Å². The number of esters is 1.